The molecule has 0 aromatic carbocycles. The van der Waals surface area contributed by atoms with Gasteiger partial charge in [-0.15, -0.1) is 0 Å². The molecule has 0 saturated carbocycles. The second kappa shape index (κ2) is 3.60. The third kappa shape index (κ3) is 2.39. The molecule has 1 aliphatic rings. The van der Waals surface area contributed by atoms with E-state index >= 15 is 0 Å². The van der Waals surface area contributed by atoms with E-state index in [1.165, 1.54) is 4.31 Å². The maximum absolute atomic E-state index is 11.3. The van der Waals surface area contributed by atoms with Gasteiger partial charge in [-0.1, -0.05) is 0 Å². The molecule has 0 unspecified atom stereocenters. The maximum Gasteiger partial charge on any atom is 0.322 e. The lowest BCUT2D eigenvalue weighted by Crippen LogP contribution is -2.58. The van der Waals surface area contributed by atoms with Gasteiger partial charge in [0.25, 0.3) is 0 Å². The normalized spacial score (nSPS) is 19.5. The SMILES string of the molecule is COC(=O)CS(=O)(=O)N1CC(N)C1. The van der Waals surface area contributed by atoms with E-state index in [1.807, 2.05) is 0 Å². The number of nitrogens with two attached hydrogens (primary N) is 1. The number of nitrogens with zero attached hydrogens (tertiary/aromatic N) is 1. The smallest absolute Gasteiger partial charge is 0.322 e. The van der Waals surface area contributed by atoms with E-state index in [1.54, 1.807) is 0 Å². The molecule has 1 heterocycles. The lowest BCUT2D eigenvalue weighted by Gasteiger charge is -2.35. The van der Waals surface area contributed by atoms with E-state index in [0.29, 0.717) is 13.1 Å². The summed E-state index contributed by atoms with van der Waals surface area (Å²) in [6.45, 7) is 0.582. The van der Waals surface area contributed by atoms with Crippen molar-refractivity contribution >= 4 is 16.0 Å². The predicted molar refractivity (Wildman–Crippen MR) is 45.4 cm³/mol. The first kappa shape index (κ1) is 10.4. The zero-order valence-corrected chi connectivity index (χ0v) is 8.08. The summed E-state index contributed by atoms with van der Waals surface area (Å²) < 4.78 is 28.0. The van der Waals surface area contributed by atoms with Gasteiger partial charge in [-0.25, -0.2) is 8.42 Å². The average molecular weight is 208 g/mol. The lowest BCUT2D eigenvalue weighted by atomic mass is 10.2. The molecule has 2 N–H and O–H groups in total. The highest BCUT2D eigenvalue weighted by molar-refractivity contribution is 7.89. The number of hydrogen-bond donors (Lipinski definition) is 1. The van der Waals surface area contributed by atoms with Gasteiger partial charge in [0.2, 0.25) is 10.0 Å². The Kier molecular flexibility index (Phi) is 2.89. The fourth-order valence-electron chi connectivity index (χ4n) is 0.996. The number of methoxy groups -OCH3 is 1. The molecule has 0 radical (unpaired) electrons. The zero-order valence-electron chi connectivity index (χ0n) is 7.26. The molecular weight excluding hydrogens is 196 g/mol. The Balaban J connectivity index is 2.52. The average Bonchev–Trinajstić information content (AvgIpc) is 1.97. The molecule has 0 bridgehead atoms. The van der Waals surface area contributed by atoms with Crippen molar-refractivity contribution < 1.29 is 17.9 Å². The van der Waals surface area contributed by atoms with Gasteiger partial charge in [0, 0.05) is 19.1 Å². The van der Waals surface area contributed by atoms with Crippen molar-refractivity contribution in [3.05, 3.63) is 0 Å². The first-order valence-electron chi connectivity index (χ1n) is 3.76. The number of sulfonamides is 1. The number of carbonyl (C=O) groups is 1. The Bertz CT molecular complexity index is 294. The van der Waals surface area contributed by atoms with E-state index in [2.05, 4.69) is 4.74 Å². The van der Waals surface area contributed by atoms with Crippen molar-refractivity contribution in [2.45, 2.75) is 6.04 Å². The Morgan fingerprint density at radius 3 is 2.54 bits per heavy atom. The second-order valence-electron chi connectivity index (χ2n) is 2.91. The van der Waals surface area contributed by atoms with Crippen LogP contribution in [0.15, 0.2) is 0 Å². The molecule has 76 valence electrons. The summed E-state index contributed by atoms with van der Waals surface area (Å²) in [5.74, 6) is -1.35. The first-order valence-corrected chi connectivity index (χ1v) is 5.37. The molecule has 6 nitrogen and oxygen atoms in total. The van der Waals surface area contributed by atoms with E-state index in [9.17, 15) is 13.2 Å². The molecule has 7 heteroatoms. The van der Waals surface area contributed by atoms with Crippen molar-refractivity contribution in [3.8, 4) is 0 Å². The maximum atomic E-state index is 11.3. The standard InChI is InChI=1S/C6H12N2O4S/c1-12-6(9)4-13(10,11)8-2-5(7)3-8/h5H,2-4,7H2,1H3. The zero-order chi connectivity index (χ0) is 10.1. The summed E-state index contributed by atoms with van der Waals surface area (Å²) in [5, 5.41) is 0. The monoisotopic (exact) mass is 208 g/mol. The van der Waals surface area contributed by atoms with Crippen molar-refractivity contribution in [2.24, 2.45) is 5.73 Å². The fourth-order valence-corrected chi connectivity index (χ4v) is 2.43. The highest BCUT2D eigenvalue weighted by Crippen LogP contribution is 2.12. The highest BCUT2D eigenvalue weighted by Gasteiger charge is 2.34. The quantitative estimate of drug-likeness (QED) is 0.549. The predicted octanol–water partition coefficient (Wildman–Crippen LogP) is -1.87. The summed E-state index contributed by atoms with van der Waals surface area (Å²) in [4.78, 5) is 10.7. The summed E-state index contributed by atoms with van der Waals surface area (Å²) in [6.07, 6.45) is 0. The largest absolute Gasteiger partial charge is 0.468 e. The van der Waals surface area contributed by atoms with Crippen LogP contribution in [0.1, 0.15) is 0 Å². The molecule has 1 rings (SSSR count). The van der Waals surface area contributed by atoms with Crippen LogP contribution >= 0.6 is 0 Å². The Labute approximate surface area is 76.7 Å². The Morgan fingerprint density at radius 2 is 2.15 bits per heavy atom. The van der Waals surface area contributed by atoms with Crippen LogP contribution in [-0.4, -0.2) is 50.7 Å². The summed E-state index contributed by atoms with van der Waals surface area (Å²) in [6, 6.07) is -0.104. The molecule has 0 aromatic heterocycles. The van der Waals surface area contributed by atoms with Crippen molar-refractivity contribution in [1.82, 2.24) is 4.31 Å². The van der Waals surface area contributed by atoms with Crippen molar-refractivity contribution in [1.29, 1.82) is 0 Å². The minimum Gasteiger partial charge on any atom is -0.468 e. The van der Waals surface area contributed by atoms with E-state index in [-0.39, 0.29) is 6.04 Å². The third-order valence-electron chi connectivity index (χ3n) is 1.80. The highest BCUT2D eigenvalue weighted by atomic mass is 32.2. The number of ether oxygens (including phenoxy) is 1. The number of esters is 1. The van der Waals surface area contributed by atoms with Gasteiger partial charge in [0.1, 0.15) is 0 Å². The molecule has 0 spiro atoms. The number of rotatable bonds is 3. The fraction of sp³-hybridized carbons (Fsp3) is 0.833. The van der Waals surface area contributed by atoms with Gasteiger partial charge in [0.15, 0.2) is 5.75 Å². The van der Waals surface area contributed by atoms with Gasteiger partial charge < -0.3 is 10.5 Å². The van der Waals surface area contributed by atoms with Crippen LogP contribution in [0, 0.1) is 0 Å². The van der Waals surface area contributed by atoms with Crippen molar-refractivity contribution in [3.63, 3.8) is 0 Å². The molecule has 1 saturated heterocycles. The van der Waals surface area contributed by atoms with Gasteiger partial charge in [-0.3, -0.25) is 4.79 Å². The third-order valence-corrected chi connectivity index (χ3v) is 3.48. The van der Waals surface area contributed by atoms with Crippen molar-refractivity contribution in [2.75, 3.05) is 26.0 Å². The number of hydrogen-bond acceptors (Lipinski definition) is 5. The van der Waals surface area contributed by atoms with Crippen LogP contribution in [0.25, 0.3) is 0 Å². The molecule has 1 aliphatic heterocycles. The van der Waals surface area contributed by atoms with E-state index in [0.717, 1.165) is 7.11 Å². The van der Waals surface area contributed by atoms with Crippen LogP contribution in [-0.2, 0) is 19.6 Å². The summed E-state index contributed by atoms with van der Waals surface area (Å²) in [7, 11) is -2.34. The van der Waals surface area contributed by atoms with Gasteiger partial charge in [0.05, 0.1) is 7.11 Å². The first-order chi connectivity index (χ1) is 5.95. The Morgan fingerprint density at radius 1 is 1.62 bits per heavy atom. The van der Waals surface area contributed by atoms with Gasteiger partial charge >= 0.3 is 5.97 Å². The van der Waals surface area contributed by atoms with Gasteiger partial charge in [-0.2, -0.15) is 4.31 Å². The lowest BCUT2D eigenvalue weighted by molar-refractivity contribution is -0.137. The van der Waals surface area contributed by atoms with Crippen LogP contribution in [0.2, 0.25) is 0 Å². The topological polar surface area (TPSA) is 89.7 Å². The van der Waals surface area contributed by atoms with E-state index < -0.39 is 21.7 Å². The van der Waals surface area contributed by atoms with Crippen LogP contribution in [0.4, 0.5) is 0 Å². The Hall–Kier alpha value is -0.660. The summed E-state index contributed by atoms with van der Waals surface area (Å²) >= 11 is 0. The second-order valence-corrected chi connectivity index (χ2v) is 4.88. The minimum absolute atomic E-state index is 0.104. The van der Waals surface area contributed by atoms with Crippen LogP contribution < -0.4 is 5.73 Å². The molecule has 13 heavy (non-hydrogen) atoms. The molecule has 0 aromatic rings. The minimum atomic E-state index is -3.49. The number of carbonyl (C=O) groups excluding carboxylic acids is 1. The van der Waals surface area contributed by atoms with Crippen LogP contribution in [0.5, 0.6) is 0 Å². The molecular formula is C6H12N2O4S. The van der Waals surface area contributed by atoms with Gasteiger partial charge in [-0.05, 0) is 0 Å². The molecule has 0 amide bonds. The summed E-state index contributed by atoms with van der Waals surface area (Å²) in [5.41, 5.74) is 5.41. The molecule has 0 atom stereocenters. The molecule has 1 fully saturated rings. The van der Waals surface area contributed by atoms with Crippen LogP contribution in [0.3, 0.4) is 0 Å². The van der Waals surface area contributed by atoms with E-state index in [4.69, 9.17) is 5.73 Å². The molecule has 0 aliphatic carbocycles.